The molecule has 0 unspecified atom stereocenters. The van der Waals surface area contributed by atoms with Crippen LogP contribution in [0.4, 0.5) is 0 Å². The summed E-state index contributed by atoms with van der Waals surface area (Å²) in [5, 5.41) is 10.7. The molecule has 1 N–H and O–H groups in total. The number of aromatic carboxylic acids is 1. The molecule has 0 atom stereocenters. The van der Waals surface area contributed by atoms with E-state index < -0.39 is 5.97 Å². The highest BCUT2D eigenvalue weighted by molar-refractivity contribution is 9.10. The zero-order valence-electron chi connectivity index (χ0n) is 35.0. The van der Waals surface area contributed by atoms with E-state index in [9.17, 15) is 14.7 Å². The molecule has 0 saturated carbocycles. The van der Waals surface area contributed by atoms with Crippen molar-refractivity contribution in [2.45, 2.75) is 34.0 Å². The third-order valence-electron chi connectivity index (χ3n) is 10.2. The molecular weight excluding hydrogens is 979 g/mol. The minimum absolute atomic E-state index is 0.237. The van der Waals surface area contributed by atoms with Crippen molar-refractivity contribution in [3.8, 4) is 45.4 Å². The number of carboxylic acids is 1. The largest absolute Gasteiger partial charge is 0.488 e. The van der Waals surface area contributed by atoms with Gasteiger partial charge in [0.1, 0.15) is 24.7 Å². The Morgan fingerprint density at radius 3 is 1.47 bits per heavy atom. The molecule has 8 aromatic rings. The molecule has 8 rings (SSSR count). The van der Waals surface area contributed by atoms with E-state index >= 15 is 0 Å². The van der Waals surface area contributed by atoms with Gasteiger partial charge in [0.05, 0.1) is 29.1 Å². The van der Waals surface area contributed by atoms with Gasteiger partial charge < -0.3 is 28.5 Å². The topological polar surface area (TPSA) is 91.9 Å². The Morgan fingerprint density at radius 1 is 0.562 bits per heavy atom. The first-order valence-corrected chi connectivity index (χ1v) is 22.6. The normalized spacial score (nSPS) is 10.8. The summed E-state index contributed by atoms with van der Waals surface area (Å²) in [6, 6.07) is 49.4. The third-order valence-corrected chi connectivity index (χ3v) is 12.0. The van der Waals surface area contributed by atoms with E-state index in [1.807, 2.05) is 146 Å². The summed E-state index contributed by atoms with van der Waals surface area (Å²) in [6.45, 7) is 6.84. The fraction of sp³-hybridized carbons (Fsp3) is 0.115. The fourth-order valence-corrected chi connectivity index (χ4v) is 8.25. The Hall–Kier alpha value is -6.04. The van der Waals surface area contributed by atoms with E-state index in [0.717, 1.165) is 71.1 Å². The minimum Gasteiger partial charge on any atom is -0.488 e. The van der Waals surface area contributed by atoms with E-state index in [2.05, 4.69) is 42.5 Å². The predicted molar refractivity (Wildman–Crippen MR) is 262 cm³/mol. The van der Waals surface area contributed by atoms with Crippen LogP contribution in [-0.2, 0) is 18.0 Å². The van der Waals surface area contributed by atoms with E-state index in [1.165, 1.54) is 0 Å². The number of benzene rings is 6. The molecular formula is C52H42Br2Cl2N2O6. The van der Waals surface area contributed by atoms with Crippen LogP contribution in [0.2, 0.25) is 10.0 Å². The maximum Gasteiger partial charge on any atom is 0.338 e. The highest BCUT2D eigenvalue weighted by atomic mass is 79.9. The van der Waals surface area contributed by atoms with Crippen molar-refractivity contribution in [3.05, 3.63) is 210 Å². The lowest BCUT2D eigenvalue weighted by atomic mass is 10.1. The number of carbonyl (C=O) groups is 2. The van der Waals surface area contributed by atoms with Crippen LogP contribution in [0.15, 0.2) is 167 Å². The van der Waals surface area contributed by atoms with E-state index in [1.54, 1.807) is 31.2 Å². The Kier molecular flexibility index (Phi) is 15.1. The van der Waals surface area contributed by atoms with Crippen molar-refractivity contribution < 1.29 is 28.9 Å². The highest BCUT2D eigenvalue weighted by Crippen LogP contribution is 2.38. The Labute approximate surface area is 398 Å². The zero-order valence-corrected chi connectivity index (χ0v) is 39.7. The molecule has 2 aromatic heterocycles. The number of esters is 1. The van der Waals surface area contributed by atoms with Gasteiger partial charge in [0.25, 0.3) is 0 Å². The van der Waals surface area contributed by atoms with Crippen LogP contribution in [0.5, 0.6) is 11.5 Å². The quantitative estimate of drug-likeness (QED) is 0.116. The highest BCUT2D eigenvalue weighted by Gasteiger charge is 2.19. The molecule has 0 aliphatic heterocycles. The Morgan fingerprint density at radius 2 is 1.02 bits per heavy atom. The van der Waals surface area contributed by atoms with E-state index in [-0.39, 0.29) is 11.5 Å². The van der Waals surface area contributed by atoms with Gasteiger partial charge in [-0.3, -0.25) is 0 Å². The average Bonchev–Trinajstić information content (AvgIpc) is 3.88. The summed E-state index contributed by atoms with van der Waals surface area (Å²) in [7, 11) is 0. The van der Waals surface area contributed by atoms with Crippen molar-refractivity contribution in [1.29, 1.82) is 0 Å². The van der Waals surface area contributed by atoms with Gasteiger partial charge >= 0.3 is 11.9 Å². The number of aromatic nitrogens is 2. The molecule has 6 aromatic carbocycles. The summed E-state index contributed by atoms with van der Waals surface area (Å²) in [5.41, 5.74) is 9.88. The average molecular weight is 1020 g/mol. The van der Waals surface area contributed by atoms with E-state index in [0.29, 0.717) is 41.2 Å². The number of carbonyl (C=O) groups excluding carboxylic acids is 1. The van der Waals surface area contributed by atoms with Crippen LogP contribution in [-0.4, -0.2) is 32.8 Å². The molecule has 0 amide bonds. The number of aryl methyl sites for hydroxylation is 2. The van der Waals surface area contributed by atoms with Crippen LogP contribution in [0.25, 0.3) is 33.9 Å². The van der Waals surface area contributed by atoms with Crippen molar-refractivity contribution in [1.82, 2.24) is 9.13 Å². The number of halogens is 4. The van der Waals surface area contributed by atoms with Gasteiger partial charge in [-0.15, -0.1) is 0 Å². The van der Waals surface area contributed by atoms with Crippen LogP contribution in [0.1, 0.15) is 50.2 Å². The minimum atomic E-state index is -0.959. The first-order chi connectivity index (χ1) is 30.9. The first-order valence-electron chi connectivity index (χ1n) is 20.2. The second-order valence-electron chi connectivity index (χ2n) is 14.6. The molecule has 0 spiro atoms. The monoisotopic (exact) mass is 1020 g/mol. The summed E-state index contributed by atoms with van der Waals surface area (Å²) < 4.78 is 23.5. The number of hydrogen-bond acceptors (Lipinski definition) is 5. The van der Waals surface area contributed by atoms with Gasteiger partial charge in [-0.05, 0) is 130 Å². The number of rotatable bonds is 13. The van der Waals surface area contributed by atoms with Gasteiger partial charge in [-0.25, -0.2) is 9.59 Å². The maximum absolute atomic E-state index is 12.3. The molecule has 8 nitrogen and oxygen atoms in total. The standard InChI is InChI=1S/C27H23BrClNO3.C25H19BrClNO3/c1-3-32-27(31)19-8-6-9-22(15-19)30-18(2)11-13-25(30)23-16-21(28)12-14-26(23)33-17-20-7-4-5-10-24(20)29;1-16-9-11-23(28(16)20-7-4-6-17(13-20)25(29)30)21-14-19(26)10-12-24(21)31-15-18-5-2-3-8-22(18)27/h4-16H,3,17H2,1-2H3;2-14H,15H2,1H3,(H,29,30). The van der Waals surface area contributed by atoms with Gasteiger partial charge in [-0.1, -0.05) is 104 Å². The Bertz CT molecular complexity index is 2960. The van der Waals surface area contributed by atoms with Crippen LogP contribution in [0.3, 0.4) is 0 Å². The number of ether oxygens (including phenoxy) is 3. The molecule has 0 aliphatic rings. The number of nitrogens with zero attached hydrogens (tertiary/aromatic N) is 2. The van der Waals surface area contributed by atoms with Gasteiger partial charge in [0, 0.05) is 64.0 Å². The summed E-state index contributed by atoms with van der Waals surface area (Å²) in [4.78, 5) is 23.7. The summed E-state index contributed by atoms with van der Waals surface area (Å²) in [6.07, 6.45) is 0. The van der Waals surface area contributed by atoms with Crippen molar-refractivity contribution in [2.24, 2.45) is 0 Å². The molecule has 2 heterocycles. The van der Waals surface area contributed by atoms with Crippen LogP contribution < -0.4 is 9.47 Å². The van der Waals surface area contributed by atoms with Gasteiger partial charge in [0.15, 0.2) is 0 Å². The van der Waals surface area contributed by atoms with E-state index in [4.69, 9.17) is 37.4 Å². The predicted octanol–water partition coefficient (Wildman–Crippen LogP) is 14.8. The molecule has 12 heteroatoms. The third kappa shape index (κ3) is 10.8. The number of hydrogen-bond donors (Lipinski definition) is 1. The second kappa shape index (κ2) is 21.1. The van der Waals surface area contributed by atoms with Crippen LogP contribution >= 0.6 is 55.1 Å². The maximum atomic E-state index is 12.3. The smallest absolute Gasteiger partial charge is 0.338 e. The molecule has 0 fully saturated rings. The SMILES string of the molecule is CCOC(=O)c1cccc(-n2c(C)ccc2-c2cc(Br)ccc2OCc2ccccc2Cl)c1.Cc1ccc(-c2cc(Br)ccc2OCc2ccccc2Cl)n1-c1cccc(C(=O)O)c1. The summed E-state index contributed by atoms with van der Waals surface area (Å²) in [5.74, 6) is 0.146. The number of carboxylic acid groups (broad SMARTS) is 1. The van der Waals surface area contributed by atoms with Gasteiger partial charge in [0.2, 0.25) is 0 Å². The second-order valence-corrected chi connectivity index (χ2v) is 17.2. The molecule has 0 bridgehead atoms. The lowest BCUT2D eigenvalue weighted by molar-refractivity contribution is 0.0525. The zero-order chi connectivity index (χ0) is 45.3. The van der Waals surface area contributed by atoms with Crippen molar-refractivity contribution in [2.75, 3.05) is 6.61 Å². The lowest BCUT2D eigenvalue weighted by Crippen LogP contribution is -2.07. The van der Waals surface area contributed by atoms with Crippen molar-refractivity contribution in [3.63, 3.8) is 0 Å². The Balaban J connectivity index is 0.000000192. The fourth-order valence-electron chi connectivity index (χ4n) is 7.15. The first kappa shape index (κ1) is 46.0. The summed E-state index contributed by atoms with van der Waals surface area (Å²) >= 11 is 19.7. The molecule has 0 aliphatic carbocycles. The molecule has 0 radical (unpaired) electrons. The molecule has 0 saturated heterocycles. The molecule has 64 heavy (non-hydrogen) atoms. The lowest BCUT2D eigenvalue weighted by Gasteiger charge is -2.17. The van der Waals surface area contributed by atoms with Gasteiger partial charge in [-0.2, -0.15) is 0 Å². The van der Waals surface area contributed by atoms with Crippen molar-refractivity contribution >= 4 is 67.0 Å². The molecule has 324 valence electrons. The van der Waals surface area contributed by atoms with Crippen LogP contribution in [0, 0.1) is 13.8 Å².